The van der Waals surface area contributed by atoms with Crippen molar-refractivity contribution >= 4 is 17.2 Å². The molecule has 0 aromatic carbocycles. The highest BCUT2D eigenvalue weighted by Gasteiger charge is 2.17. The summed E-state index contributed by atoms with van der Waals surface area (Å²) in [5.74, 6) is 0.0396. The summed E-state index contributed by atoms with van der Waals surface area (Å²) >= 11 is 1.71. The lowest BCUT2D eigenvalue weighted by Gasteiger charge is -2.22. The van der Waals surface area contributed by atoms with E-state index in [2.05, 4.69) is 45.1 Å². The monoisotopic (exact) mass is 268 g/mol. The molecule has 1 amide bonds. The minimum atomic E-state index is -0.0601. The van der Waals surface area contributed by atoms with E-state index in [0.29, 0.717) is 13.0 Å². The number of nitrogens with two attached hydrogens (primary N) is 1. The third-order valence-electron chi connectivity index (χ3n) is 2.58. The van der Waals surface area contributed by atoms with Crippen molar-refractivity contribution in [1.82, 2.24) is 5.32 Å². The molecule has 1 aromatic rings. The molecular weight excluding hydrogens is 244 g/mol. The van der Waals surface area contributed by atoms with Crippen molar-refractivity contribution < 1.29 is 4.79 Å². The molecule has 0 bridgehead atoms. The maximum absolute atomic E-state index is 11.7. The lowest BCUT2D eigenvalue weighted by atomic mass is 9.87. The topological polar surface area (TPSA) is 55.1 Å². The predicted octanol–water partition coefficient (Wildman–Crippen LogP) is 2.83. The number of aryl methyl sites for hydroxylation is 1. The molecule has 0 saturated heterocycles. The van der Waals surface area contributed by atoms with Crippen LogP contribution in [0.25, 0.3) is 0 Å². The number of rotatable bonds is 5. The summed E-state index contributed by atoms with van der Waals surface area (Å²) in [6, 6.07) is 4.06. The number of thiophene rings is 1. The zero-order chi connectivity index (χ0) is 13.8. The van der Waals surface area contributed by atoms with Gasteiger partial charge in [-0.25, -0.2) is 0 Å². The molecule has 0 saturated carbocycles. The van der Waals surface area contributed by atoms with Gasteiger partial charge in [0.15, 0.2) is 0 Å². The van der Waals surface area contributed by atoms with Crippen LogP contribution in [-0.2, 0) is 11.3 Å². The number of carbonyl (C=O) groups is 1. The van der Waals surface area contributed by atoms with Crippen LogP contribution in [0.4, 0.5) is 0 Å². The largest absolute Gasteiger partial charge is 0.351 e. The van der Waals surface area contributed by atoms with Crippen LogP contribution in [0.15, 0.2) is 12.1 Å². The molecule has 1 atom stereocenters. The Balaban J connectivity index is 2.29. The van der Waals surface area contributed by atoms with Crippen molar-refractivity contribution in [3.8, 4) is 0 Å². The van der Waals surface area contributed by atoms with Crippen LogP contribution in [-0.4, -0.2) is 11.9 Å². The van der Waals surface area contributed by atoms with Gasteiger partial charge in [0.2, 0.25) is 5.91 Å². The summed E-state index contributed by atoms with van der Waals surface area (Å²) in [7, 11) is 0. The van der Waals surface area contributed by atoms with Gasteiger partial charge in [0.05, 0.1) is 6.54 Å². The van der Waals surface area contributed by atoms with Gasteiger partial charge in [-0.3, -0.25) is 4.79 Å². The SMILES string of the molecule is Cc1ccc(CNC(=O)CC(N)CC(C)(C)C)s1. The van der Waals surface area contributed by atoms with Gasteiger partial charge in [-0.2, -0.15) is 0 Å². The third kappa shape index (κ3) is 6.17. The van der Waals surface area contributed by atoms with E-state index in [4.69, 9.17) is 5.73 Å². The first-order valence-electron chi connectivity index (χ1n) is 6.34. The Labute approximate surface area is 114 Å². The van der Waals surface area contributed by atoms with E-state index < -0.39 is 0 Å². The van der Waals surface area contributed by atoms with E-state index in [1.165, 1.54) is 9.75 Å². The Morgan fingerprint density at radius 1 is 1.44 bits per heavy atom. The van der Waals surface area contributed by atoms with Crippen molar-refractivity contribution in [1.29, 1.82) is 0 Å². The van der Waals surface area contributed by atoms with Crippen molar-refractivity contribution in [2.24, 2.45) is 11.1 Å². The highest BCUT2D eigenvalue weighted by Crippen LogP contribution is 2.21. The molecule has 0 fully saturated rings. The molecule has 1 aromatic heterocycles. The van der Waals surface area contributed by atoms with Gasteiger partial charge in [-0.15, -0.1) is 11.3 Å². The summed E-state index contributed by atoms with van der Waals surface area (Å²) in [6.07, 6.45) is 1.26. The van der Waals surface area contributed by atoms with Gasteiger partial charge < -0.3 is 11.1 Å². The predicted molar refractivity (Wildman–Crippen MR) is 77.6 cm³/mol. The molecule has 18 heavy (non-hydrogen) atoms. The van der Waals surface area contributed by atoms with Crippen LogP contribution >= 0.6 is 11.3 Å². The quantitative estimate of drug-likeness (QED) is 0.862. The van der Waals surface area contributed by atoms with Crippen LogP contribution in [0.3, 0.4) is 0 Å². The fourth-order valence-corrected chi connectivity index (χ4v) is 2.76. The van der Waals surface area contributed by atoms with Gasteiger partial charge in [-0.05, 0) is 30.9 Å². The molecule has 3 nitrogen and oxygen atoms in total. The second kappa shape index (κ2) is 6.34. The average Bonchev–Trinajstić information content (AvgIpc) is 2.58. The standard InChI is InChI=1S/C14H24N2OS/c1-10-5-6-12(18-10)9-16-13(17)7-11(15)8-14(2,3)4/h5-6,11H,7-9,15H2,1-4H3,(H,16,17). The fraction of sp³-hybridized carbons (Fsp3) is 0.643. The first-order valence-corrected chi connectivity index (χ1v) is 7.15. The van der Waals surface area contributed by atoms with Crippen LogP contribution < -0.4 is 11.1 Å². The normalized spacial score (nSPS) is 13.4. The number of amides is 1. The zero-order valence-electron chi connectivity index (χ0n) is 11.7. The third-order valence-corrected chi connectivity index (χ3v) is 3.58. The van der Waals surface area contributed by atoms with Gasteiger partial charge in [-0.1, -0.05) is 20.8 Å². The second-order valence-electron chi connectivity index (χ2n) is 6.02. The maximum atomic E-state index is 11.7. The van der Waals surface area contributed by atoms with E-state index >= 15 is 0 Å². The summed E-state index contributed by atoms with van der Waals surface area (Å²) in [6.45, 7) is 9.09. The maximum Gasteiger partial charge on any atom is 0.221 e. The molecule has 102 valence electrons. The summed E-state index contributed by atoms with van der Waals surface area (Å²) in [5.41, 5.74) is 6.15. The van der Waals surface area contributed by atoms with Crippen LogP contribution in [0.5, 0.6) is 0 Å². The summed E-state index contributed by atoms with van der Waals surface area (Å²) in [4.78, 5) is 14.2. The average molecular weight is 268 g/mol. The smallest absolute Gasteiger partial charge is 0.221 e. The highest BCUT2D eigenvalue weighted by molar-refractivity contribution is 7.11. The zero-order valence-corrected chi connectivity index (χ0v) is 12.6. The van der Waals surface area contributed by atoms with E-state index in [-0.39, 0.29) is 17.4 Å². The molecule has 1 rings (SSSR count). The van der Waals surface area contributed by atoms with Gasteiger partial charge in [0.1, 0.15) is 0 Å². The Morgan fingerprint density at radius 2 is 2.11 bits per heavy atom. The molecule has 4 heteroatoms. The minimum Gasteiger partial charge on any atom is -0.351 e. The van der Waals surface area contributed by atoms with Crippen molar-refractivity contribution in [3.63, 3.8) is 0 Å². The van der Waals surface area contributed by atoms with Gasteiger partial charge >= 0.3 is 0 Å². The lowest BCUT2D eigenvalue weighted by molar-refractivity contribution is -0.121. The Kier molecular flexibility index (Phi) is 5.35. The first-order chi connectivity index (χ1) is 8.26. The molecule has 0 radical (unpaired) electrons. The molecule has 1 unspecified atom stereocenters. The van der Waals surface area contributed by atoms with Gasteiger partial charge in [0, 0.05) is 22.2 Å². The summed E-state index contributed by atoms with van der Waals surface area (Å²) in [5, 5.41) is 2.92. The Hall–Kier alpha value is -0.870. The number of hydrogen-bond acceptors (Lipinski definition) is 3. The number of nitrogens with one attached hydrogen (secondary N) is 1. The summed E-state index contributed by atoms with van der Waals surface area (Å²) < 4.78 is 0. The second-order valence-corrected chi connectivity index (χ2v) is 7.39. The van der Waals surface area contributed by atoms with E-state index in [1.54, 1.807) is 11.3 Å². The van der Waals surface area contributed by atoms with Gasteiger partial charge in [0.25, 0.3) is 0 Å². The Morgan fingerprint density at radius 3 is 2.61 bits per heavy atom. The van der Waals surface area contributed by atoms with Crippen molar-refractivity contribution in [2.45, 2.75) is 53.1 Å². The molecule has 0 spiro atoms. The van der Waals surface area contributed by atoms with E-state index in [1.807, 2.05) is 0 Å². The first kappa shape index (κ1) is 15.2. The molecule has 3 N–H and O–H groups in total. The van der Waals surface area contributed by atoms with Crippen LogP contribution in [0.1, 0.15) is 43.4 Å². The minimum absolute atomic E-state index is 0.0396. The highest BCUT2D eigenvalue weighted by atomic mass is 32.1. The van der Waals surface area contributed by atoms with Crippen molar-refractivity contribution in [2.75, 3.05) is 0 Å². The fourth-order valence-electron chi connectivity index (χ4n) is 1.93. The molecular formula is C14H24N2OS. The van der Waals surface area contributed by atoms with Crippen molar-refractivity contribution in [3.05, 3.63) is 21.9 Å². The van der Waals surface area contributed by atoms with Crippen LogP contribution in [0, 0.1) is 12.3 Å². The molecule has 0 aliphatic rings. The Bertz CT molecular complexity index is 393. The lowest BCUT2D eigenvalue weighted by Crippen LogP contribution is -2.33. The number of hydrogen-bond donors (Lipinski definition) is 2. The van der Waals surface area contributed by atoms with E-state index in [0.717, 1.165) is 6.42 Å². The molecule has 0 aliphatic heterocycles. The number of carbonyl (C=O) groups excluding carboxylic acids is 1. The van der Waals surface area contributed by atoms with E-state index in [9.17, 15) is 4.79 Å². The molecule has 1 heterocycles. The molecule has 0 aliphatic carbocycles. The van der Waals surface area contributed by atoms with Crippen LogP contribution in [0.2, 0.25) is 0 Å².